The van der Waals surface area contributed by atoms with Gasteiger partial charge in [-0.1, -0.05) is 86.0 Å². The van der Waals surface area contributed by atoms with Crippen LogP contribution < -0.4 is 0 Å². The van der Waals surface area contributed by atoms with Crippen LogP contribution in [0.4, 0.5) is 0 Å². The molecule has 172 valence electrons. The molecule has 0 saturated heterocycles. The highest BCUT2D eigenvalue weighted by molar-refractivity contribution is 9.10. The standard InChI is InChI=1S/C30H36BrNSi/c1-11-24-16-25(18-28(17-24)30(8,9)10)12-13-26-19-32-20-27(29(26)31)14-15-33(21(2)3,22(4)5)23(6)7/h1,16-23H,2-10H3. The third-order valence-electron chi connectivity index (χ3n) is 6.47. The Bertz CT molecular complexity index is 1150. The van der Waals surface area contributed by atoms with Crippen LogP contribution in [0.25, 0.3) is 0 Å². The smallest absolute Gasteiger partial charge is 0.146 e. The van der Waals surface area contributed by atoms with Crippen molar-refractivity contribution in [3.8, 4) is 35.6 Å². The molecule has 1 heterocycles. The molecule has 0 bridgehead atoms. The summed E-state index contributed by atoms with van der Waals surface area (Å²) >= 11 is 3.75. The molecule has 0 amide bonds. The van der Waals surface area contributed by atoms with Crippen molar-refractivity contribution in [1.82, 2.24) is 4.98 Å². The van der Waals surface area contributed by atoms with Crippen LogP contribution in [0.5, 0.6) is 0 Å². The Morgan fingerprint density at radius 1 is 0.818 bits per heavy atom. The van der Waals surface area contributed by atoms with Gasteiger partial charge in [0.2, 0.25) is 0 Å². The lowest BCUT2D eigenvalue weighted by Gasteiger charge is -2.38. The number of benzene rings is 1. The van der Waals surface area contributed by atoms with Crippen LogP contribution in [0, 0.1) is 35.6 Å². The first-order chi connectivity index (χ1) is 15.3. The lowest BCUT2D eigenvalue weighted by Crippen LogP contribution is -2.43. The summed E-state index contributed by atoms with van der Waals surface area (Å²) in [7, 11) is -1.82. The van der Waals surface area contributed by atoms with Gasteiger partial charge in [-0.3, -0.25) is 4.98 Å². The van der Waals surface area contributed by atoms with Crippen molar-refractivity contribution in [1.29, 1.82) is 0 Å². The molecule has 1 nitrogen and oxygen atoms in total. The van der Waals surface area contributed by atoms with E-state index in [1.165, 1.54) is 5.56 Å². The maximum atomic E-state index is 5.69. The van der Waals surface area contributed by atoms with Crippen LogP contribution in [-0.4, -0.2) is 13.1 Å². The number of terminal acetylenes is 1. The first-order valence-electron chi connectivity index (χ1n) is 11.6. The molecule has 33 heavy (non-hydrogen) atoms. The lowest BCUT2D eigenvalue weighted by atomic mass is 9.85. The maximum absolute atomic E-state index is 5.69. The fraction of sp³-hybridized carbons (Fsp3) is 0.433. The fourth-order valence-electron chi connectivity index (χ4n) is 4.58. The van der Waals surface area contributed by atoms with E-state index in [-0.39, 0.29) is 5.41 Å². The number of pyridine rings is 1. The predicted octanol–water partition coefficient (Wildman–Crippen LogP) is 8.09. The molecule has 0 aliphatic rings. The van der Waals surface area contributed by atoms with Crippen molar-refractivity contribution in [2.24, 2.45) is 0 Å². The Kier molecular flexibility index (Phi) is 8.82. The van der Waals surface area contributed by atoms with E-state index in [9.17, 15) is 0 Å². The van der Waals surface area contributed by atoms with Gasteiger partial charge in [0.05, 0.1) is 15.6 Å². The van der Waals surface area contributed by atoms with Crippen LogP contribution in [0.2, 0.25) is 16.6 Å². The number of hydrogen-bond acceptors (Lipinski definition) is 1. The van der Waals surface area contributed by atoms with Crippen molar-refractivity contribution in [2.75, 3.05) is 0 Å². The molecule has 1 aromatic carbocycles. The minimum atomic E-state index is -1.82. The summed E-state index contributed by atoms with van der Waals surface area (Å²) in [5.74, 6) is 12.8. The SMILES string of the molecule is C#Cc1cc(C#Cc2cncc(C#C[Si](C(C)C)(C(C)C)C(C)C)c2Br)cc(C(C)(C)C)c1. The van der Waals surface area contributed by atoms with Crippen molar-refractivity contribution < 1.29 is 0 Å². The average molecular weight is 519 g/mol. The molecule has 2 rings (SSSR count). The molecule has 0 N–H and O–H groups in total. The van der Waals surface area contributed by atoms with Gasteiger partial charge in [-0.15, -0.1) is 12.0 Å². The monoisotopic (exact) mass is 517 g/mol. The summed E-state index contributed by atoms with van der Waals surface area (Å²) in [5, 5.41) is 0. The molecule has 0 fully saturated rings. The minimum absolute atomic E-state index is 0.000561. The van der Waals surface area contributed by atoms with E-state index in [0.29, 0.717) is 16.6 Å². The van der Waals surface area contributed by atoms with E-state index in [4.69, 9.17) is 6.42 Å². The third-order valence-corrected chi connectivity index (χ3v) is 13.6. The van der Waals surface area contributed by atoms with E-state index >= 15 is 0 Å². The molecule has 0 saturated carbocycles. The van der Waals surface area contributed by atoms with Gasteiger partial charge in [-0.05, 0) is 61.7 Å². The van der Waals surface area contributed by atoms with E-state index in [1.54, 1.807) is 6.20 Å². The first kappa shape index (κ1) is 27.0. The molecule has 1 aromatic heterocycles. The summed E-state index contributed by atoms with van der Waals surface area (Å²) in [6, 6.07) is 6.14. The highest BCUT2D eigenvalue weighted by Crippen LogP contribution is 2.41. The van der Waals surface area contributed by atoms with Gasteiger partial charge in [0, 0.05) is 23.5 Å². The Hall–Kier alpha value is -2.25. The van der Waals surface area contributed by atoms with Gasteiger partial charge in [-0.25, -0.2) is 0 Å². The van der Waals surface area contributed by atoms with Crippen LogP contribution in [0.15, 0.2) is 35.1 Å². The highest BCUT2D eigenvalue weighted by Gasteiger charge is 2.41. The molecule has 3 heteroatoms. The van der Waals surface area contributed by atoms with E-state index < -0.39 is 8.07 Å². The summed E-state index contributed by atoms with van der Waals surface area (Å²) in [6.45, 7) is 20.5. The number of hydrogen-bond donors (Lipinski definition) is 0. The molecule has 2 aromatic rings. The molecule has 0 spiro atoms. The zero-order valence-electron chi connectivity index (χ0n) is 21.5. The Labute approximate surface area is 211 Å². The van der Waals surface area contributed by atoms with Crippen LogP contribution >= 0.6 is 15.9 Å². The number of rotatable bonds is 3. The van der Waals surface area contributed by atoms with Crippen molar-refractivity contribution in [3.05, 3.63) is 62.9 Å². The zero-order chi connectivity index (χ0) is 25.0. The van der Waals surface area contributed by atoms with Gasteiger partial charge >= 0.3 is 0 Å². The summed E-state index contributed by atoms with van der Waals surface area (Å²) < 4.78 is 0.904. The second-order valence-corrected chi connectivity index (χ2v) is 17.0. The quantitative estimate of drug-likeness (QED) is 0.296. The molecule has 0 atom stereocenters. The fourth-order valence-corrected chi connectivity index (χ4v) is 10.2. The molecular formula is C30H36BrNSi. The number of halogens is 1. The molecule has 0 aliphatic heterocycles. The second-order valence-electron chi connectivity index (χ2n) is 10.6. The van der Waals surface area contributed by atoms with Crippen LogP contribution in [0.1, 0.15) is 90.1 Å². The lowest BCUT2D eigenvalue weighted by molar-refractivity contribution is 0.590. The van der Waals surface area contributed by atoms with Gasteiger partial charge in [-0.2, -0.15) is 0 Å². The van der Waals surface area contributed by atoms with E-state index in [1.807, 2.05) is 12.3 Å². The second kappa shape index (κ2) is 10.8. The van der Waals surface area contributed by atoms with E-state index in [0.717, 1.165) is 26.7 Å². The average Bonchev–Trinajstić information content (AvgIpc) is 2.72. The molecule has 0 radical (unpaired) electrons. The van der Waals surface area contributed by atoms with Crippen molar-refractivity contribution in [2.45, 2.75) is 84.4 Å². The number of nitrogens with zero attached hydrogens (tertiary/aromatic N) is 1. The van der Waals surface area contributed by atoms with Gasteiger partial charge < -0.3 is 0 Å². The molecule has 0 unspecified atom stereocenters. The predicted molar refractivity (Wildman–Crippen MR) is 149 cm³/mol. The normalized spacial score (nSPS) is 11.6. The van der Waals surface area contributed by atoms with Gasteiger partial charge in [0.25, 0.3) is 0 Å². The van der Waals surface area contributed by atoms with Crippen LogP contribution in [-0.2, 0) is 5.41 Å². The van der Waals surface area contributed by atoms with Gasteiger partial charge in [0.15, 0.2) is 0 Å². The topological polar surface area (TPSA) is 12.9 Å². The largest absolute Gasteiger partial charge is 0.262 e. The number of aromatic nitrogens is 1. The van der Waals surface area contributed by atoms with Crippen LogP contribution in [0.3, 0.4) is 0 Å². The van der Waals surface area contributed by atoms with Gasteiger partial charge in [0.1, 0.15) is 8.07 Å². The first-order valence-corrected chi connectivity index (χ1v) is 14.7. The molecule has 0 aliphatic carbocycles. The summed E-state index contributed by atoms with van der Waals surface area (Å²) in [5.41, 5.74) is 10.2. The highest BCUT2D eigenvalue weighted by atomic mass is 79.9. The Balaban J connectivity index is 2.53. The van der Waals surface area contributed by atoms with Crippen molar-refractivity contribution >= 4 is 24.0 Å². The summed E-state index contributed by atoms with van der Waals surface area (Å²) in [4.78, 5) is 4.43. The third kappa shape index (κ3) is 6.21. The van der Waals surface area contributed by atoms with Crippen molar-refractivity contribution in [3.63, 3.8) is 0 Å². The molecular weight excluding hydrogens is 482 g/mol. The summed E-state index contributed by atoms with van der Waals surface area (Å²) in [6.07, 6.45) is 9.31. The minimum Gasteiger partial charge on any atom is -0.262 e. The Morgan fingerprint density at radius 2 is 1.33 bits per heavy atom. The van der Waals surface area contributed by atoms with E-state index in [2.05, 4.69) is 125 Å². The Morgan fingerprint density at radius 3 is 1.82 bits per heavy atom. The zero-order valence-corrected chi connectivity index (χ0v) is 24.1. The maximum Gasteiger partial charge on any atom is 0.146 e.